The molecule has 3 N–H and O–H groups in total. The number of benzene rings is 2. The minimum atomic E-state index is -1.21. The zero-order chi connectivity index (χ0) is 22.5. The van der Waals surface area contributed by atoms with Crippen LogP contribution in [0.15, 0.2) is 48.5 Å². The summed E-state index contributed by atoms with van der Waals surface area (Å²) in [4.78, 5) is 36.1. The van der Waals surface area contributed by atoms with Crippen molar-refractivity contribution in [2.24, 2.45) is 5.92 Å². The van der Waals surface area contributed by atoms with Crippen LogP contribution in [0.25, 0.3) is 11.1 Å². The summed E-state index contributed by atoms with van der Waals surface area (Å²) in [5, 5.41) is 14.3. The van der Waals surface area contributed by atoms with Gasteiger partial charge in [0.25, 0.3) is 0 Å². The van der Waals surface area contributed by atoms with Gasteiger partial charge in [0.1, 0.15) is 12.6 Å². The van der Waals surface area contributed by atoms with E-state index in [9.17, 15) is 14.4 Å². The minimum Gasteiger partial charge on any atom is -0.481 e. The normalized spacial score (nSPS) is 14.3. The Bertz CT molecular complexity index is 926. The summed E-state index contributed by atoms with van der Waals surface area (Å²) in [6.45, 7) is 5.80. The first kappa shape index (κ1) is 22.3. The molecule has 1 aliphatic carbocycles. The van der Waals surface area contributed by atoms with E-state index in [1.807, 2.05) is 69.3 Å². The lowest BCUT2D eigenvalue weighted by Crippen LogP contribution is -2.51. The van der Waals surface area contributed by atoms with E-state index in [-0.39, 0.29) is 24.5 Å². The molecule has 0 saturated carbocycles. The molecule has 2 atom stereocenters. The van der Waals surface area contributed by atoms with Crippen molar-refractivity contribution in [1.82, 2.24) is 10.6 Å². The second-order valence-corrected chi connectivity index (χ2v) is 8.16. The molecular formula is C24H28N2O5. The quantitative estimate of drug-likeness (QED) is 0.601. The molecule has 0 fully saturated rings. The lowest BCUT2D eigenvalue weighted by molar-refractivity contribution is -0.140. The molecule has 164 valence electrons. The number of carboxylic acid groups (broad SMARTS) is 1. The number of fused-ring (bicyclic) bond motifs is 3. The molecule has 2 aromatic rings. The zero-order valence-electron chi connectivity index (χ0n) is 17.9. The molecule has 31 heavy (non-hydrogen) atoms. The van der Waals surface area contributed by atoms with Crippen LogP contribution in [0, 0.1) is 5.92 Å². The fourth-order valence-electron chi connectivity index (χ4n) is 3.66. The Morgan fingerprint density at radius 3 is 2.00 bits per heavy atom. The molecule has 3 rings (SSSR count). The molecule has 2 amide bonds. The Balaban J connectivity index is 1.66. The van der Waals surface area contributed by atoms with Gasteiger partial charge >= 0.3 is 12.1 Å². The van der Waals surface area contributed by atoms with Crippen molar-refractivity contribution in [1.29, 1.82) is 0 Å². The summed E-state index contributed by atoms with van der Waals surface area (Å²) in [5.41, 5.74) is 4.36. The van der Waals surface area contributed by atoms with Gasteiger partial charge in [-0.3, -0.25) is 9.59 Å². The number of rotatable bonds is 8. The van der Waals surface area contributed by atoms with Gasteiger partial charge in [0.15, 0.2) is 0 Å². The van der Waals surface area contributed by atoms with Gasteiger partial charge in [-0.15, -0.1) is 0 Å². The standard InChI is InChI=1S/C24H28N2O5/c1-14(2)15(3)25-23(29)21(12-22(27)28)26-24(30)31-13-20-18-10-6-4-8-16(18)17-9-5-7-11-19(17)20/h4-11,14-15,20-21H,12-13H2,1-3H3,(H,25,29)(H,26,30)(H,27,28). The maximum Gasteiger partial charge on any atom is 0.407 e. The second kappa shape index (κ2) is 9.64. The zero-order valence-corrected chi connectivity index (χ0v) is 17.9. The number of amides is 2. The van der Waals surface area contributed by atoms with E-state index in [0.717, 1.165) is 22.3 Å². The summed E-state index contributed by atoms with van der Waals surface area (Å²) in [5.74, 6) is -1.68. The molecule has 0 saturated heterocycles. The van der Waals surface area contributed by atoms with Crippen LogP contribution >= 0.6 is 0 Å². The Kier molecular flexibility index (Phi) is 6.95. The number of hydrogen-bond donors (Lipinski definition) is 3. The van der Waals surface area contributed by atoms with Gasteiger partial charge in [0, 0.05) is 12.0 Å². The van der Waals surface area contributed by atoms with E-state index in [1.54, 1.807) is 0 Å². The third-order valence-corrected chi connectivity index (χ3v) is 5.70. The molecule has 0 radical (unpaired) electrons. The van der Waals surface area contributed by atoms with Gasteiger partial charge in [-0.05, 0) is 35.1 Å². The van der Waals surface area contributed by atoms with Crippen LogP contribution in [0.5, 0.6) is 0 Å². The average Bonchev–Trinajstić information content (AvgIpc) is 3.05. The van der Waals surface area contributed by atoms with E-state index < -0.39 is 30.4 Å². The fraction of sp³-hybridized carbons (Fsp3) is 0.375. The smallest absolute Gasteiger partial charge is 0.407 e. The van der Waals surface area contributed by atoms with Crippen LogP contribution in [0.1, 0.15) is 44.2 Å². The monoisotopic (exact) mass is 424 g/mol. The highest BCUT2D eigenvalue weighted by Crippen LogP contribution is 2.44. The topological polar surface area (TPSA) is 105 Å². The van der Waals surface area contributed by atoms with Crippen molar-refractivity contribution in [2.45, 2.75) is 45.2 Å². The van der Waals surface area contributed by atoms with Crippen LogP contribution in [0.3, 0.4) is 0 Å². The van der Waals surface area contributed by atoms with Gasteiger partial charge in [-0.1, -0.05) is 62.4 Å². The molecule has 0 bridgehead atoms. The van der Waals surface area contributed by atoms with Gasteiger partial charge < -0.3 is 20.5 Å². The highest BCUT2D eigenvalue weighted by molar-refractivity contribution is 5.89. The summed E-state index contributed by atoms with van der Waals surface area (Å²) < 4.78 is 5.43. The molecule has 7 nitrogen and oxygen atoms in total. The lowest BCUT2D eigenvalue weighted by Gasteiger charge is -2.22. The van der Waals surface area contributed by atoms with Crippen molar-refractivity contribution in [3.05, 3.63) is 59.7 Å². The average molecular weight is 424 g/mol. The number of aliphatic carboxylic acids is 1. The third kappa shape index (κ3) is 5.23. The maximum absolute atomic E-state index is 12.5. The summed E-state index contributed by atoms with van der Waals surface area (Å²) in [6.07, 6.45) is -1.35. The van der Waals surface area contributed by atoms with Crippen LogP contribution in [0.2, 0.25) is 0 Å². The number of carbonyl (C=O) groups excluding carboxylic acids is 2. The van der Waals surface area contributed by atoms with Gasteiger partial charge in [-0.2, -0.15) is 0 Å². The molecule has 0 aromatic heterocycles. The SMILES string of the molecule is CC(C)C(C)NC(=O)C(CC(=O)O)NC(=O)OCC1c2ccccc2-c2ccccc21. The van der Waals surface area contributed by atoms with Crippen molar-refractivity contribution in [3.8, 4) is 11.1 Å². The van der Waals surface area contributed by atoms with Gasteiger partial charge in [0.2, 0.25) is 5.91 Å². The van der Waals surface area contributed by atoms with Crippen LogP contribution in [0.4, 0.5) is 4.79 Å². The summed E-state index contributed by atoms with van der Waals surface area (Å²) in [7, 11) is 0. The molecular weight excluding hydrogens is 396 g/mol. The van der Waals surface area contributed by atoms with E-state index >= 15 is 0 Å². The Hall–Kier alpha value is -3.35. The molecule has 0 spiro atoms. The van der Waals surface area contributed by atoms with Crippen molar-refractivity contribution in [3.63, 3.8) is 0 Å². The lowest BCUT2D eigenvalue weighted by atomic mass is 9.98. The van der Waals surface area contributed by atoms with Gasteiger partial charge in [-0.25, -0.2) is 4.79 Å². The molecule has 7 heteroatoms. The Morgan fingerprint density at radius 1 is 0.935 bits per heavy atom. The number of alkyl carbamates (subject to hydrolysis) is 1. The first-order valence-corrected chi connectivity index (χ1v) is 10.4. The fourth-order valence-corrected chi connectivity index (χ4v) is 3.66. The highest BCUT2D eigenvalue weighted by Gasteiger charge is 2.30. The number of nitrogens with one attached hydrogen (secondary N) is 2. The van der Waals surface area contributed by atoms with Crippen LogP contribution in [-0.4, -0.2) is 41.8 Å². The van der Waals surface area contributed by atoms with Crippen LogP contribution in [-0.2, 0) is 14.3 Å². The highest BCUT2D eigenvalue weighted by atomic mass is 16.5. The van der Waals surface area contributed by atoms with Crippen molar-refractivity contribution in [2.75, 3.05) is 6.61 Å². The van der Waals surface area contributed by atoms with Crippen molar-refractivity contribution >= 4 is 18.0 Å². The molecule has 0 aliphatic heterocycles. The molecule has 1 aliphatic rings. The number of carbonyl (C=O) groups is 3. The number of carboxylic acids is 1. The largest absolute Gasteiger partial charge is 0.481 e. The third-order valence-electron chi connectivity index (χ3n) is 5.70. The van der Waals surface area contributed by atoms with Crippen LogP contribution < -0.4 is 10.6 Å². The first-order chi connectivity index (χ1) is 14.8. The predicted molar refractivity (Wildman–Crippen MR) is 117 cm³/mol. The second-order valence-electron chi connectivity index (χ2n) is 8.16. The Labute approximate surface area is 181 Å². The van der Waals surface area contributed by atoms with E-state index in [2.05, 4.69) is 10.6 Å². The van der Waals surface area contributed by atoms with Crippen molar-refractivity contribution < 1.29 is 24.2 Å². The summed E-state index contributed by atoms with van der Waals surface area (Å²) >= 11 is 0. The van der Waals surface area contributed by atoms with E-state index in [1.165, 1.54) is 0 Å². The minimum absolute atomic E-state index is 0.0870. The first-order valence-electron chi connectivity index (χ1n) is 10.4. The molecule has 2 unspecified atom stereocenters. The van der Waals surface area contributed by atoms with E-state index in [4.69, 9.17) is 9.84 Å². The Morgan fingerprint density at radius 2 is 1.48 bits per heavy atom. The molecule has 2 aromatic carbocycles. The molecule has 0 heterocycles. The van der Waals surface area contributed by atoms with E-state index in [0.29, 0.717) is 0 Å². The van der Waals surface area contributed by atoms with Gasteiger partial charge in [0.05, 0.1) is 6.42 Å². The number of ether oxygens (including phenoxy) is 1. The number of hydrogen-bond acceptors (Lipinski definition) is 4. The predicted octanol–water partition coefficient (Wildman–Crippen LogP) is 3.53. The maximum atomic E-state index is 12.5. The summed E-state index contributed by atoms with van der Waals surface area (Å²) in [6, 6.07) is 14.6.